The third-order valence-corrected chi connectivity index (χ3v) is 4.84. The summed E-state index contributed by atoms with van der Waals surface area (Å²) in [6, 6.07) is 7.83. The maximum Gasteiger partial charge on any atom is 0.138 e. The first-order valence-electron chi connectivity index (χ1n) is 8.27. The molecular weight excluding hydrogens is 292 g/mol. The Morgan fingerprint density at radius 1 is 1.26 bits per heavy atom. The second-order valence-electron chi connectivity index (χ2n) is 6.48. The fraction of sp³-hybridized carbons (Fsp3) is 0.500. The number of piperidine rings is 1. The zero-order valence-corrected chi connectivity index (χ0v) is 13.2. The van der Waals surface area contributed by atoms with Crippen LogP contribution in [0.3, 0.4) is 0 Å². The Labute approximate surface area is 136 Å². The average Bonchev–Trinajstić information content (AvgIpc) is 3.22. The van der Waals surface area contributed by atoms with Gasteiger partial charge < -0.3 is 13.9 Å². The summed E-state index contributed by atoms with van der Waals surface area (Å²) >= 11 is 0. The van der Waals surface area contributed by atoms with Crippen LogP contribution in [0.5, 0.6) is 5.75 Å². The van der Waals surface area contributed by atoms with Gasteiger partial charge in [-0.3, -0.25) is 9.88 Å². The van der Waals surface area contributed by atoms with Gasteiger partial charge in [0.05, 0.1) is 31.2 Å². The topological polar surface area (TPSA) is 47.7 Å². The predicted octanol–water partition coefficient (Wildman–Crippen LogP) is 2.88. The van der Waals surface area contributed by atoms with Gasteiger partial charge in [-0.2, -0.15) is 0 Å². The molecule has 0 radical (unpaired) electrons. The van der Waals surface area contributed by atoms with Crippen molar-refractivity contribution in [3.05, 3.63) is 48.7 Å². The lowest BCUT2D eigenvalue weighted by Crippen LogP contribution is -2.44. The van der Waals surface area contributed by atoms with E-state index in [1.54, 1.807) is 18.7 Å². The number of nitrogens with zero attached hydrogens (tertiary/aromatic N) is 2. The number of aromatic nitrogens is 1. The van der Waals surface area contributed by atoms with Crippen molar-refractivity contribution in [3.8, 4) is 5.75 Å². The van der Waals surface area contributed by atoms with Crippen molar-refractivity contribution in [1.29, 1.82) is 0 Å². The van der Waals surface area contributed by atoms with E-state index in [-0.39, 0.29) is 11.7 Å². The Morgan fingerprint density at radius 2 is 2.17 bits per heavy atom. The largest absolute Gasteiger partial charge is 0.486 e. The lowest BCUT2D eigenvalue weighted by molar-refractivity contribution is -0.0463. The Bertz CT molecular complexity index is 606. The zero-order valence-electron chi connectivity index (χ0n) is 13.2. The number of furan rings is 1. The van der Waals surface area contributed by atoms with Crippen molar-refractivity contribution < 1.29 is 13.9 Å². The van der Waals surface area contributed by atoms with Gasteiger partial charge in [0.1, 0.15) is 17.6 Å². The van der Waals surface area contributed by atoms with Gasteiger partial charge in [-0.05, 0) is 37.1 Å². The maximum atomic E-state index is 6.15. The number of ether oxygens (including phenoxy) is 2. The SMILES string of the molecule is c1cncc(O[C@H]2COC3(CCN(Cc4ccco4)CC3)C2)c1. The minimum Gasteiger partial charge on any atom is -0.486 e. The molecule has 2 aliphatic heterocycles. The van der Waals surface area contributed by atoms with E-state index in [9.17, 15) is 0 Å². The van der Waals surface area contributed by atoms with E-state index in [0.29, 0.717) is 6.61 Å². The highest BCUT2D eigenvalue weighted by atomic mass is 16.6. The van der Waals surface area contributed by atoms with Gasteiger partial charge in [-0.1, -0.05) is 0 Å². The molecule has 0 amide bonds. The Morgan fingerprint density at radius 3 is 2.91 bits per heavy atom. The lowest BCUT2D eigenvalue weighted by atomic mass is 9.88. The quantitative estimate of drug-likeness (QED) is 0.868. The van der Waals surface area contributed by atoms with E-state index in [4.69, 9.17) is 13.9 Å². The molecule has 0 aliphatic carbocycles. The van der Waals surface area contributed by atoms with Crippen LogP contribution in [0.2, 0.25) is 0 Å². The molecule has 0 aromatic carbocycles. The predicted molar refractivity (Wildman–Crippen MR) is 85.2 cm³/mol. The minimum atomic E-state index is -0.00740. The van der Waals surface area contributed by atoms with E-state index < -0.39 is 0 Å². The summed E-state index contributed by atoms with van der Waals surface area (Å²) in [5, 5.41) is 0. The monoisotopic (exact) mass is 314 g/mol. The fourth-order valence-electron chi connectivity index (χ4n) is 3.58. The van der Waals surface area contributed by atoms with Crippen molar-refractivity contribution >= 4 is 0 Å². The zero-order chi connectivity index (χ0) is 15.5. The van der Waals surface area contributed by atoms with E-state index >= 15 is 0 Å². The van der Waals surface area contributed by atoms with Gasteiger partial charge in [0.2, 0.25) is 0 Å². The third kappa shape index (κ3) is 3.41. The summed E-state index contributed by atoms with van der Waals surface area (Å²) in [5.41, 5.74) is -0.00740. The molecule has 0 bridgehead atoms. The highest BCUT2D eigenvalue weighted by molar-refractivity contribution is 5.16. The molecule has 0 N–H and O–H groups in total. The summed E-state index contributed by atoms with van der Waals surface area (Å²) in [4.78, 5) is 6.53. The molecule has 2 aromatic heterocycles. The van der Waals surface area contributed by atoms with E-state index in [1.807, 2.05) is 24.3 Å². The highest BCUT2D eigenvalue weighted by Gasteiger charge is 2.43. The van der Waals surface area contributed by atoms with Gasteiger partial charge in [0.25, 0.3) is 0 Å². The minimum absolute atomic E-state index is 0.00740. The number of pyridine rings is 1. The second-order valence-corrected chi connectivity index (χ2v) is 6.48. The van der Waals surface area contributed by atoms with Crippen LogP contribution in [0.4, 0.5) is 0 Å². The molecule has 5 nitrogen and oxygen atoms in total. The summed E-state index contributed by atoms with van der Waals surface area (Å²) in [6.07, 6.45) is 8.47. The van der Waals surface area contributed by atoms with Crippen molar-refractivity contribution in [2.24, 2.45) is 0 Å². The van der Waals surface area contributed by atoms with Crippen LogP contribution < -0.4 is 4.74 Å². The van der Waals surface area contributed by atoms with E-state index in [1.165, 1.54) is 0 Å². The van der Waals surface area contributed by atoms with Crippen molar-refractivity contribution in [2.75, 3.05) is 19.7 Å². The van der Waals surface area contributed by atoms with Gasteiger partial charge in [-0.15, -0.1) is 0 Å². The van der Waals surface area contributed by atoms with Crippen LogP contribution >= 0.6 is 0 Å². The summed E-state index contributed by atoms with van der Waals surface area (Å²) in [7, 11) is 0. The molecule has 1 atom stereocenters. The van der Waals surface area contributed by atoms with Crippen LogP contribution in [0, 0.1) is 0 Å². The number of rotatable bonds is 4. The standard InChI is InChI=1S/C18H22N2O3/c1-3-15(12-19-7-1)23-17-11-18(22-14-17)5-8-20(9-6-18)13-16-4-2-10-21-16/h1-4,7,10,12,17H,5-6,8-9,11,13-14H2/t17-/m1/s1. The van der Waals surface area contributed by atoms with Crippen LogP contribution in [-0.2, 0) is 11.3 Å². The molecule has 2 fully saturated rings. The highest BCUT2D eigenvalue weighted by Crippen LogP contribution is 2.37. The van der Waals surface area contributed by atoms with Crippen molar-refractivity contribution in [2.45, 2.75) is 37.5 Å². The molecular formula is C18H22N2O3. The van der Waals surface area contributed by atoms with Gasteiger partial charge >= 0.3 is 0 Å². The fourth-order valence-corrected chi connectivity index (χ4v) is 3.58. The Balaban J connectivity index is 1.29. The third-order valence-electron chi connectivity index (χ3n) is 4.84. The molecule has 2 aromatic rings. The Kier molecular flexibility index (Phi) is 4.06. The van der Waals surface area contributed by atoms with E-state index in [2.05, 4.69) is 9.88 Å². The summed E-state index contributed by atoms with van der Waals surface area (Å²) in [6.45, 7) is 3.65. The van der Waals surface area contributed by atoms with Crippen LogP contribution in [-0.4, -0.2) is 41.3 Å². The maximum absolute atomic E-state index is 6.15. The molecule has 23 heavy (non-hydrogen) atoms. The van der Waals surface area contributed by atoms with Crippen molar-refractivity contribution in [1.82, 2.24) is 9.88 Å². The van der Waals surface area contributed by atoms with Crippen LogP contribution in [0.15, 0.2) is 47.3 Å². The molecule has 0 unspecified atom stereocenters. The van der Waals surface area contributed by atoms with Crippen molar-refractivity contribution in [3.63, 3.8) is 0 Å². The molecule has 0 saturated carbocycles. The van der Waals surface area contributed by atoms with Crippen LogP contribution in [0.25, 0.3) is 0 Å². The van der Waals surface area contributed by atoms with Gasteiger partial charge in [0.15, 0.2) is 0 Å². The summed E-state index contributed by atoms with van der Waals surface area (Å²) in [5.74, 6) is 1.86. The first kappa shape index (κ1) is 14.7. The number of hydrogen-bond acceptors (Lipinski definition) is 5. The smallest absolute Gasteiger partial charge is 0.138 e. The molecule has 122 valence electrons. The van der Waals surface area contributed by atoms with Crippen LogP contribution in [0.1, 0.15) is 25.0 Å². The lowest BCUT2D eigenvalue weighted by Gasteiger charge is -2.38. The normalized spacial score (nSPS) is 24.1. The number of likely N-dealkylation sites (tertiary alicyclic amines) is 1. The molecule has 5 heteroatoms. The Hall–Kier alpha value is -1.85. The molecule has 2 aliphatic rings. The van der Waals surface area contributed by atoms with Gasteiger partial charge in [-0.25, -0.2) is 0 Å². The second kappa shape index (κ2) is 6.34. The molecule has 4 rings (SSSR count). The average molecular weight is 314 g/mol. The van der Waals surface area contributed by atoms with E-state index in [0.717, 1.165) is 50.4 Å². The molecule has 4 heterocycles. The first-order chi connectivity index (χ1) is 11.3. The molecule has 1 spiro atoms. The van der Waals surface area contributed by atoms with Gasteiger partial charge in [0, 0.05) is 25.7 Å². The number of hydrogen-bond donors (Lipinski definition) is 0. The summed E-state index contributed by atoms with van der Waals surface area (Å²) < 4.78 is 17.6. The molecule has 2 saturated heterocycles. The first-order valence-corrected chi connectivity index (χ1v) is 8.27.